The van der Waals surface area contributed by atoms with E-state index in [0.717, 1.165) is 12.0 Å². The normalized spacial score (nSPS) is 42.9. The van der Waals surface area contributed by atoms with Gasteiger partial charge in [-0.1, -0.05) is 26.2 Å². The van der Waals surface area contributed by atoms with Gasteiger partial charge in [0.2, 0.25) is 0 Å². The van der Waals surface area contributed by atoms with Gasteiger partial charge in [0, 0.05) is 24.7 Å². The lowest BCUT2D eigenvalue weighted by Gasteiger charge is -2.43. The maximum Gasteiger partial charge on any atom is 0.0124 e. The van der Waals surface area contributed by atoms with E-state index in [2.05, 4.69) is 18.7 Å². The summed E-state index contributed by atoms with van der Waals surface area (Å²) in [6.45, 7) is 6.06. The second-order valence-corrected chi connectivity index (χ2v) is 6.05. The van der Waals surface area contributed by atoms with Gasteiger partial charge in [0.1, 0.15) is 0 Å². The molecule has 4 atom stereocenters. The van der Waals surface area contributed by atoms with Crippen molar-refractivity contribution < 1.29 is 0 Å². The lowest BCUT2D eigenvalue weighted by molar-refractivity contribution is 0.0625. The molecule has 0 radical (unpaired) electrons. The quantitative estimate of drug-likeness (QED) is 0.694. The Bertz CT molecular complexity index is 217. The Balaban J connectivity index is 1.98. The van der Waals surface area contributed by atoms with Crippen LogP contribution in [0.25, 0.3) is 0 Å². The molecule has 2 fully saturated rings. The summed E-state index contributed by atoms with van der Waals surface area (Å²) >= 11 is 0. The van der Waals surface area contributed by atoms with Crippen LogP contribution in [0.5, 0.6) is 0 Å². The average molecular weight is 224 g/mol. The van der Waals surface area contributed by atoms with Crippen molar-refractivity contribution in [2.45, 2.75) is 76.9 Å². The third kappa shape index (κ3) is 2.78. The zero-order valence-electron chi connectivity index (χ0n) is 11.0. The fourth-order valence-corrected chi connectivity index (χ4v) is 3.69. The molecule has 0 aromatic rings. The predicted octanol–water partition coefficient (Wildman–Crippen LogP) is 2.77. The van der Waals surface area contributed by atoms with Crippen LogP contribution in [0.1, 0.15) is 58.8 Å². The van der Waals surface area contributed by atoms with Crippen molar-refractivity contribution in [3.05, 3.63) is 0 Å². The molecule has 2 aliphatic rings. The van der Waals surface area contributed by atoms with E-state index in [9.17, 15) is 0 Å². The zero-order valence-corrected chi connectivity index (χ0v) is 11.0. The lowest BCUT2D eigenvalue weighted by atomic mass is 9.90. The minimum absolute atomic E-state index is 0.451. The number of likely N-dealkylation sites (tertiary alicyclic amines) is 1. The molecular weight excluding hydrogens is 196 g/mol. The van der Waals surface area contributed by atoms with Crippen LogP contribution in [0.3, 0.4) is 0 Å². The van der Waals surface area contributed by atoms with Gasteiger partial charge in [0.05, 0.1) is 0 Å². The van der Waals surface area contributed by atoms with E-state index in [-0.39, 0.29) is 0 Å². The Morgan fingerprint density at radius 2 is 1.75 bits per heavy atom. The highest BCUT2D eigenvalue weighted by atomic mass is 15.2. The van der Waals surface area contributed by atoms with Crippen LogP contribution >= 0.6 is 0 Å². The number of nitrogens with zero attached hydrogens (tertiary/aromatic N) is 1. The second kappa shape index (κ2) is 5.50. The Labute approximate surface area is 101 Å². The summed E-state index contributed by atoms with van der Waals surface area (Å²) in [6, 6.07) is 1.99. The van der Waals surface area contributed by atoms with Crippen LogP contribution in [0.15, 0.2) is 0 Å². The summed E-state index contributed by atoms with van der Waals surface area (Å²) in [5.74, 6) is 0.888. The highest BCUT2D eigenvalue weighted by Gasteiger charge is 2.32. The van der Waals surface area contributed by atoms with Gasteiger partial charge in [-0.3, -0.25) is 4.90 Å². The van der Waals surface area contributed by atoms with E-state index in [1.807, 2.05) is 0 Å². The molecule has 2 nitrogen and oxygen atoms in total. The Morgan fingerprint density at radius 1 is 1.00 bits per heavy atom. The summed E-state index contributed by atoms with van der Waals surface area (Å²) in [5, 5.41) is 0. The topological polar surface area (TPSA) is 29.3 Å². The summed E-state index contributed by atoms with van der Waals surface area (Å²) < 4.78 is 0. The van der Waals surface area contributed by atoms with E-state index in [1.165, 1.54) is 51.5 Å². The highest BCUT2D eigenvalue weighted by molar-refractivity contribution is 4.88. The van der Waals surface area contributed by atoms with E-state index in [0.29, 0.717) is 12.1 Å². The molecule has 1 saturated heterocycles. The molecule has 1 heterocycles. The first-order valence-electron chi connectivity index (χ1n) is 7.20. The molecule has 2 rings (SSSR count). The third-order valence-corrected chi connectivity index (χ3v) is 4.71. The predicted molar refractivity (Wildman–Crippen MR) is 69.4 cm³/mol. The maximum absolute atomic E-state index is 6.06. The molecule has 2 heteroatoms. The van der Waals surface area contributed by atoms with Crippen LogP contribution in [0.2, 0.25) is 0 Å². The zero-order chi connectivity index (χ0) is 11.5. The number of nitrogens with two attached hydrogens (primary N) is 1. The summed E-state index contributed by atoms with van der Waals surface area (Å²) in [7, 11) is 0. The number of hydrogen-bond donors (Lipinski definition) is 1. The van der Waals surface area contributed by atoms with Crippen LogP contribution in [-0.4, -0.2) is 29.6 Å². The summed E-state index contributed by atoms with van der Waals surface area (Å²) in [6.07, 6.45) is 9.57. The third-order valence-electron chi connectivity index (χ3n) is 4.71. The molecule has 1 aliphatic carbocycles. The van der Waals surface area contributed by atoms with Crippen molar-refractivity contribution in [1.82, 2.24) is 4.90 Å². The summed E-state index contributed by atoms with van der Waals surface area (Å²) in [4.78, 5) is 2.76. The molecular formula is C14H28N2. The van der Waals surface area contributed by atoms with E-state index < -0.39 is 0 Å². The van der Waals surface area contributed by atoms with Gasteiger partial charge in [-0.2, -0.15) is 0 Å². The van der Waals surface area contributed by atoms with Crippen molar-refractivity contribution in [2.24, 2.45) is 11.7 Å². The lowest BCUT2D eigenvalue weighted by Crippen LogP contribution is -2.51. The molecule has 16 heavy (non-hydrogen) atoms. The molecule has 2 N–H and O–H groups in total. The van der Waals surface area contributed by atoms with Gasteiger partial charge in [-0.15, -0.1) is 0 Å². The van der Waals surface area contributed by atoms with Crippen LogP contribution in [-0.2, 0) is 0 Å². The number of piperidine rings is 1. The Hall–Kier alpha value is -0.0800. The molecule has 94 valence electrons. The number of hydrogen-bond acceptors (Lipinski definition) is 2. The van der Waals surface area contributed by atoms with Crippen molar-refractivity contribution in [3.8, 4) is 0 Å². The molecule has 0 aromatic heterocycles. The molecule has 0 aromatic carbocycles. The minimum atomic E-state index is 0.451. The fraction of sp³-hybridized carbons (Fsp3) is 1.00. The average Bonchev–Trinajstić information content (AvgIpc) is 2.44. The first kappa shape index (κ1) is 12.4. The van der Waals surface area contributed by atoms with Crippen LogP contribution in [0.4, 0.5) is 0 Å². The first-order valence-corrected chi connectivity index (χ1v) is 7.20. The molecule has 0 bridgehead atoms. The molecule has 1 aliphatic heterocycles. The first-order chi connectivity index (χ1) is 7.68. The monoisotopic (exact) mass is 224 g/mol. The minimum Gasteiger partial charge on any atom is -0.328 e. The van der Waals surface area contributed by atoms with Gasteiger partial charge in [0.15, 0.2) is 0 Å². The van der Waals surface area contributed by atoms with Crippen molar-refractivity contribution in [3.63, 3.8) is 0 Å². The molecule has 4 unspecified atom stereocenters. The van der Waals surface area contributed by atoms with E-state index in [4.69, 9.17) is 5.73 Å². The smallest absolute Gasteiger partial charge is 0.0124 e. The van der Waals surface area contributed by atoms with Gasteiger partial charge in [-0.25, -0.2) is 0 Å². The highest BCUT2D eigenvalue weighted by Crippen LogP contribution is 2.31. The maximum atomic E-state index is 6.06. The second-order valence-electron chi connectivity index (χ2n) is 6.05. The van der Waals surface area contributed by atoms with Crippen molar-refractivity contribution >= 4 is 0 Å². The standard InChI is InChI=1S/C14H28N2/c1-11-6-4-3-5-7-14(11)16-9-8-13(15)10-12(16)2/h11-14H,3-10,15H2,1-2H3. The van der Waals surface area contributed by atoms with Gasteiger partial charge in [-0.05, 0) is 38.5 Å². The van der Waals surface area contributed by atoms with Crippen LogP contribution in [0, 0.1) is 5.92 Å². The molecule has 1 saturated carbocycles. The van der Waals surface area contributed by atoms with E-state index >= 15 is 0 Å². The Kier molecular flexibility index (Phi) is 4.26. The van der Waals surface area contributed by atoms with Crippen molar-refractivity contribution in [1.29, 1.82) is 0 Å². The van der Waals surface area contributed by atoms with E-state index in [1.54, 1.807) is 0 Å². The summed E-state index contributed by atoms with van der Waals surface area (Å²) in [5.41, 5.74) is 6.06. The fourth-order valence-electron chi connectivity index (χ4n) is 3.69. The number of rotatable bonds is 1. The SMILES string of the molecule is CC1CCCCCC1N1CCC(N)CC1C. The molecule has 0 spiro atoms. The molecule has 0 amide bonds. The Morgan fingerprint density at radius 3 is 2.50 bits per heavy atom. The van der Waals surface area contributed by atoms with Gasteiger partial charge < -0.3 is 5.73 Å². The van der Waals surface area contributed by atoms with Crippen LogP contribution < -0.4 is 5.73 Å². The van der Waals surface area contributed by atoms with Gasteiger partial charge in [0.25, 0.3) is 0 Å². The van der Waals surface area contributed by atoms with Crippen molar-refractivity contribution in [2.75, 3.05) is 6.54 Å². The largest absolute Gasteiger partial charge is 0.328 e. The van der Waals surface area contributed by atoms with Gasteiger partial charge >= 0.3 is 0 Å².